The monoisotopic (exact) mass is 468 g/mol. The molecule has 0 saturated heterocycles. The highest BCUT2D eigenvalue weighted by molar-refractivity contribution is 14.1. The number of halogens is 1. The third-order valence-electron chi connectivity index (χ3n) is 8.55. The van der Waals surface area contributed by atoms with E-state index in [1.54, 1.807) is 6.08 Å². The second-order valence-corrected chi connectivity index (χ2v) is 10.2. The number of aliphatic hydroxyl groups excluding tert-OH is 1. The minimum absolute atomic E-state index is 0.0669. The molecule has 7 atom stereocenters. The Labute approximate surface area is 169 Å². The zero-order valence-corrected chi connectivity index (χ0v) is 18.1. The zero-order chi connectivity index (χ0) is 18.9. The van der Waals surface area contributed by atoms with E-state index in [1.807, 2.05) is 6.08 Å². The maximum atomic E-state index is 12.6. The SMILES string of the molecule is CC1=CC(=O)C=C2CC[C@@H]3[C@H](C(O)C[C@]4(C)[C@@H](C(=O)CI)CC[C@@H]34)[C@@]12C. The molecule has 1 N–H and O–H groups in total. The van der Waals surface area contributed by atoms with Crippen molar-refractivity contribution in [2.75, 3.05) is 4.43 Å². The molecule has 0 bridgehead atoms. The Kier molecular flexibility index (Phi) is 4.54. The van der Waals surface area contributed by atoms with Crippen LogP contribution in [0.2, 0.25) is 0 Å². The first-order valence-corrected chi connectivity index (χ1v) is 11.5. The van der Waals surface area contributed by atoms with Crippen LogP contribution in [0.4, 0.5) is 0 Å². The average Bonchev–Trinajstić information content (AvgIpc) is 2.92. The molecule has 0 aromatic carbocycles. The Morgan fingerprint density at radius 2 is 2.00 bits per heavy atom. The lowest BCUT2D eigenvalue weighted by atomic mass is 9.45. The van der Waals surface area contributed by atoms with E-state index in [0.29, 0.717) is 22.0 Å². The molecule has 0 amide bonds. The highest BCUT2D eigenvalue weighted by Gasteiger charge is 2.63. The molecule has 26 heavy (non-hydrogen) atoms. The van der Waals surface area contributed by atoms with Crippen molar-refractivity contribution in [2.45, 2.75) is 59.0 Å². The van der Waals surface area contributed by atoms with Gasteiger partial charge in [-0.15, -0.1) is 0 Å². The molecular weight excluding hydrogens is 439 g/mol. The molecule has 0 aromatic rings. The minimum atomic E-state index is -0.408. The minimum Gasteiger partial charge on any atom is -0.393 e. The Morgan fingerprint density at radius 3 is 2.69 bits per heavy atom. The topological polar surface area (TPSA) is 54.4 Å². The van der Waals surface area contributed by atoms with Crippen LogP contribution in [-0.2, 0) is 9.59 Å². The van der Waals surface area contributed by atoms with Crippen molar-refractivity contribution in [3.8, 4) is 0 Å². The maximum Gasteiger partial charge on any atom is 0.178 e. The van der Waals surface area contributed by atoms with Crippen LogP contribution in [0.25, 0.3) is 0 Å². The van der Waals surface area contributed by atoms with Crippen molar-refractivity contribution < 1.29 is 14.7 Å². The molecule has 3 saturated carbocycles. The van der Waals surface area contributed by atoms with Gasteiger partial charge in [0.15, 0.2) is 5.78 Å². The number of hydrogen-bond acceptors (Lipinski definition) is 3. The van der Waals surface area contributed by atoms with E-state index < -0.39 is 6.10 Å². The molecule has 3 fully saturated rings. The summed E-state index contributed by atoms with van der Waals surface area (Å²) < 4.78 is 0.573. The normalized spacial score (nSPS) is 47.4. The fourth-order valence-electron chi connectivity index (χ4n) is 7.30. The highest BCUT2D eigenvalue weighted by atomic mass is 127. The Bertz CT molecular complexity index is 723. The van der Waals surface area contributed by atoms with Gasteiger partial charge in [0, 0.05) is 17.3 Å². The van der Waals surface area contributed by atoms with E-state index in [2.05, 4.69) is 43.4 Å². The number of carbonyl (C=O) groups excluding carboxylic acids is 2. The first-order valence-electron chi connectivity index (χ1n) is 9.94. The van der Waals surface area contributed by atoms with E-state index >= 15 is 0 Å². The van der Waals surface area contributed by atoms with Crippen LogP contribution in [-0.4, -0.2) is 27.2 Å². The summed E-state index contributed by atoms with van der Waals surface area (Å²) in [5.74, 6) is 1.68. The van der Waals surface area contributed by atoms with Crippen LogP contribution in [0.3, 0.4) is 0 Å². The fraction of sp³-hybridized carbons (Fsp3) is 0.727. The van der Waals surface area contributed by atoms with Gasteiger partial charge in [-0.05, 0) is 68.4 Å². The third kappa shape index (κ3) is 2.40. The van der Waals surface area contributed by atoms with Crippen LogP contribution in [0, 0.1) is 34.5 Å². The van der Waals surface area contributed by atoms with Gasteiger partial charge in [0.25, 0.3) is 0 Å². The molecule has 142 valence electrons. The largest absolute Gasteiger partial charge is 0.393 e. The van der Waals surface area contributed by atoms with Gasteiger partial charge >= 0.3 is 0 Å². The summed E-state index contributed by atoms with van der Waals surface area (Å²) in [5.41, 5.74) is 2.05. The molecule has 4 heteroatoms. The van der Waals surface area contributed by atoms with Crippen molar-refractivity contribution in [1.29, 1.82) is 0 Å². The number of alkyl halides is 1. The predicted octanol–water partition coefficient (Wildman–Crippen LogP) is 4.28. The summed E-state index contributed by atoms with van der Waals surface area (Å²) in [7, 11) is 0. The number of rotatable bonds is 2. The number of fused-ring (bicyclic) bond motifs is 5. The van der Waals surface area contributed by atoms with E-state index in [9.17, 15) is 14.7 Å². The van der Waals surface area contributed by atoms with Crippen molar-refractivity contribution >= 4 is 34.2 Å². The lowest BCUT2D eigenvalue weighted by Gasteiger charge is -2.59. The Hall–Kier alpha value is -0.490. The lowest BCUT2D eigenvalue weighted by molar-refractivity contribution is -0.137. The van der Waals surface area contributed by atoms with Gasteiger partial charge in [0.2, 0.25) is 0 Å². The first kappa shape index (κ1) is 18.9. The second kappa shape index (κ2) is 6.26. The number of carbonyl (C=O) groups is 2. The number of hydrogen-bond donors (Lipinski definition) is 1. The molecule has 4 rings (SSSR count). The molecule has 0 spiro atoms. The summed E-state index contributed by atoms with van der Waals surface area (Å²) in [4.78, 5) is 24.6. The number of Topliss-reactive ketones (excluding diaryl/α,β-unsaturated/α-hetero) is 1. The number of ketones is 2. The third-order valence-corrected chi connectivity index (χ3v) is 9.30. The summed E-state index contributed by atoms with van der Waals surface area (Å²) in [6.07, 6.45) is 7.96. The van der Waals surface area contributed by atoms with Crippen molar-refractivity contribution in [1.82, 2.24) is 0 Å². The van der Waals surface area contributed by atoms with E-state index in [1.165, 1.54) is 5.57 Å². The Morgan fingerprint density at radius 1 is 1.27 bits per heavy atom. The summed E-state index contributed by atoms with van der Waals surface area (Å²) in [5, 5.41) is 11.3. The molecule has 0 aromatic heterocycles. The van der Waals surface area contributed by atoms with Gasteiger partial charge in [0.1, 0.15) is 5.78 Å². The van der Waals surface area contributed by atoms with Gasteiger partial charge in [-0.2, -0.15) is 0 Å². The quantitative estimate of drug-likeness (QED) is 0.487. The van der Waals surface area contributed by atoms with Crippen LogP contribution >= 0.6 is 22.6 Å². The van der Waals surface area contributed by atoms with Gasteiger partial charge in [0.05, 0.1) is 10.5 Å². The van der Waals surface area contributed by atoms with Crippen LogP contribution in [0.5, 0.6) is 0 Å². The van der Waals surface area contributed by atoms with Gasteiger partial charge in [-0.3, -0.25) is 9.59 Å². The molecule has 0 radical (unpaired) electrons. The van der Waals surface area contributed by atoms with Gasteiger partial charge in [-0.25, -0.2) is 0 Å². The zero-order valence-electron chi connectivity index (χ0n) is 15.9. The molecule has 4 aliphatic carbocycles. The van der Waals surface area contributed by atoms with Crippen molar-refractivity contribution in [3.05, 3.63) is 23.3 Å². The smallest absolute Gasteiger partial charge is 0.178 e. The molecule has 1 unspecified atom stereocenters. The standard InChI is InChI=1S/C22H29IO3/c1-12-8-14(24)9-13-4-5-15-16-6-7-17(19(26)11-23)21(16,2)10-18(25)20(15)22(12,13)3/h8-9,15-18,20,25H,4-7,10-11H2,1-3H3/t15-,16-,17+,18?,20+,21-,22-/m0/s1. The van der Waals surface area contributed by atoms with Gasteiger partial charge < -0.3 is 5.11 Å². The molecule has 3 nitrogen and oxygen atoms in total. The van der Waals surface area contributed by atoms with Gasteiger partial charge in [-0.1, -0.05) is 47.6 Å². The summed E-state index contributed by atoms with van der Waals surface area (Å²) in [6, 6.07) is 0. The maximum absolute atomic E-state index is 12.6. The molecular formula is C22H29IO3. The fourth-order valence-corrected chi connectivity index (χ4v) is 7.83. The predicted molar refractivity (Wildman–Crippen MR) is 110 cm³/mol. The first-order chi connectivity index (χ1) is 12.2. The molecule has 4 aliphatic rings. The molecule has 0 heterocycles. The Balaban J connectivity index is 1.74. The van der Waals surface area contributed by atoms with E-state index in [0.717, 1.165) is 37.7 Å². The molecule has 0 aliphatic heterocycles. The average molecular weight is 468 g/mol. The highest BCUT2D eigenvalue weighted by Crippen LogP contribution is 2.67. The number of aliphatic hydroxyl groups is 1. The van der Waals surface area contributed by atoms with Crippen LogP contribution in [0.1, 0.15) is 52.9 Å². The van der Waals surface area contributed by atoms with Crippen LogP contribution < -0.4 is 0 Å². The second-order valence-electron chi connectivity index (χ2n) is 9.44. The summed E-state index contributed by atoms with van der Waals surface area (Å²) >= 11 is 2.19. The summed E-state index contributed by atoms with van der Waals surface area (Å²) in [6.45, 7) is 6.56. The van der Waals surface area contributed by atoms with Crippen molar-refractivity contribution in [3.63, 3.8) is 0 Å². The van der Waals surface area contributed by atoms with Crippen molar-refractivity contribution in [2.24, 2.45) is 34.5 Å². The lowest BCUT2D eigenvalue weighted by Crippen LogP contribution is -2.57. The van der Waals surface area contributed by atoms with E-state index in [-0.39, 0.29) is 28.4 Å². The van der Waals surface area contributed by atoms with E-state index in [4.69, 9.17) is 0 Å². The number of allylic oxidation sites excluding steroid dienone is 4. The van der Waals surface area contributed by atoms with Crippen LogP contribution in [0.15, 0.2) is 23.3 Å².